The first-order valence-corrected chi connectivity index (χ1v) is 7.40. The number of aliphatic hydroxyl groups excluding tert-OH is 1. The minimum Gasteiger partial charge on any atom is -0.388 e. The highest BCUT2D eigenvalue weighted by atomic mass is 35.5. The zero-order valence-corrected chi connectivity index (χ0v) is 12.6. The van der Waals surface area contributed by atoms with Crippen LogP contribution in [0.15, 0.2) is 24.3 Å². The zero-order valence-electron chi connectivity index (χ0n) is 11.8. The molecule has 19 heavy (non-hydrogen) atoms. The van der Waals surface area contributed by atoms with Crippen LogP contribution in [0.1, 0.15) is 51.2 Å². The molecule has 3 N–H and O–H groups in total. The molecule has 0 heterocycles. The van der Waals surface area contributed by atoms with Crippen LogP contribution in [-0.4, -0.2) is 11.7 Å². The first kappa shape index (κ1) is 14.8. The number of aliphatic hydroxyl groups is 1. The number of nitrogens with two attached hydrogens (primary N) is 1. The molecule has 0 aromatic heterocycles. The van der Waals surface area contributed by atoms with E-state index in [9.17, 15) is 5.11 Å². The van der Waals surface area contributed by atoms with E-state index in [0.29, 0.717) is 17.0 Å². The molecule has 1 aromatic carbocycles. The Morgan fingerprint density at radius 2 is 1.68 bits per heavy atom. The molecule has 1 unspecified atom stereocenters. The van der Waals surface area contributed by atoms with Crippen LogP contribution in [0, 0.1) is 10.8 Å². The number of benzene rings is 1. The van der Waals surface area contributed by atoms with Crippen LogP contribution < -0.4 is 5.73 Å². The molecule has 1 aromatic rings. The van der Waals surface area contributed by atoms with E-state index in [-0.39, 0.29) is 5.41 Å². The second-order valence-electron chi connectivity index (χ2n) is 6.68. The fourth-order valence-electron chi connectivity index (χ4n) is 3.01. The lowest BCUT2D eigenvalue weighted by Crippen LogP contribution is -2.41. The van der Waals surface area contributed by atoms with E-state index in [4.69, 9.17) is 17.3 Å². The average molecular weight is 282 g/mol. The van der Waals surface area contributed by atoms with Crippen molar-refractivity contribution in [2.45, 2.75) is 45.6 Å². The van der Waals surface area contributed by atoms with Gasteiger partial charge in [0.05, 0.1) is 6.10 Å². The van der Waals surface area contributed by atoms with Gasteiger partial charge in [0.2, 0.25) is 0 Å². The standard InChI is InChI=1S/C16H24ClNO/c1-15(2)7-9-16(11-18,10-8-15)14(19)12-3-5-13(17)6-4-12/h3-6,14,19H,7-11,18H2,1-2H3. The van der Waals surface area contributed by atoms with Gasteiger partial charge in [-0.3, -0.25) is 0 Å². The molecule has 2 nitrogen and oxygen atoms in total. The third-order valence-electron chi connectivity index (χ3n) is 4.77. The van der Waals surface area contributed by atoms with Crippen LogP contribution >= 0.6 is 11.6 Å². The van der Waals surface area contributed by atoms with Crippen molar-refractivity contribution < 1.29 is 5.11 Å². The molecule has 0 amide bonds. The van der Waals surface area contributed by atoms with E-state index in [0.717, 1.165) is 31.2 Å². The topological polar surface area (TPSA) is 46.2 Å². The minimum absolute atomic E-state index is 0.177. The van der Waals surface area contributed by atoms with Gasteiger partial charge in [0.25, 0.3) is 0 Å². The van der Waals surface area contributed by atoms with Crippen molar-refractivity contribution in [1.82, 2.24) is 0 Å². The van der Waals surface area contributed by atoms with Crippen molar-refractivity contribution >= 4 is 11.6 Å². The van der Waals surface area contributed by atoms with Crippen molar-refractivity contribution in [3.63, 3.8) is 0 Å². The fraction of sp³-hybridized carbons (Fsp3) is 0.625. The van der Waals surface area contributed by atoms with Gasteiger partial charge in [0.1, 0.15) is 0 Å². The largest absolute Gasteiger partial charge is 0.388 e. The Hall–Kier alpha value is -0.570. The van der Waals surface area contributed by atoms with Gasteiger partial charge in [-0.15, -0.1) is 0 Å². The van der Waals surface area contributed by atoms with Gasteiger partial charge >= 0.3 is 0 Å². The lowest BCUT2D eigenvalue weighted by molar-refractivity contribution is -0.0235. The predicted octanol–water partition coefficient (Wildman–Crippen LogP) is 3.92. The normalized spacial score (nSPS) is 23.0. The first-order valence-electron chi connectivity index (χ1n) is 7.02. The summed E-state index contributed by atoms with van der Waals surface area (Å²) in [5.41, 5.74) is 7.13. The van der Waals surface area contributed by atoms with Crippen molar-refractivity contribution in [1.29, 1.82) is 0 Å². The Morgan fingerprint density at radius 3 is 2.16 bits per heavy atom. The first-order chi connectivity index (χ1) is 8.88. The molecule has 1 fully saturated rings. The highest BCUT2D eigenvalue weighted by molar-refractivity contribution is 6.30. The smallest absolute Gasteiger partial charge is 0.0858 e. The van der Waals surface area contributed by atoms with E-state index < -0.39 is 6.10 Å². The molecule has 0 spiro atoms. The highest BCUT2D eigenvalue weighted by Crippen LogP contribution is 2.50. The Morgan fingerprint density at radius 1 is 1.16 bits per heavy atom. The molecule has 2 rings (SSSR count). The summed E-state index contributed by atoms with van der Waals surface area (Å²) >= 11 is 5.90. The number of halogens is 1. The molecule has 1 saturated carbocycles. The molecule has 0 bridgehead atoms. The third-order valence-corrected chi connectivity index (χ3v) is 5.02. The number of rotatable bonds is 3. The van der Waals surface area contributed by atoms with Crippen LogP contribution in [0.2, 0.25) is 5.02 Å². The Balaban J connectivity index is 2.19. The second-order valence-corrected chi connectivity index (χ2v) is 7.12. The SMILES string of the molecule is CC1(C)CCC(CN)(C(O)c2ccc(Cl)cc2)CC1. The maximum atomic E-state index is 10.7. The quantitative estimate of drug-likeness (QED) is 0.882. The average Bonchev–Trinajstić information content (AvgIpc) is 2.40. The lowest BCUT2D eigenvalue weighted by Gasteiger charge is -2.45. The number of hydrogen-bond donors (Lipinski definition) is 2. The van der Waals surface area contributed by atoms with Gasteiger partial charge in [0, 0.05) is 17.0 Å². The Bertz CT molecular complexity index is 417. The van der Waals surface area contributed by atoms with Crippen molar-refractivity contribution in [3.05, 3.63) is 34.9 Å². The number of hydrogen-bond acceptors (Lipinski definition) is 2. The Labute approximate surface area is 121 Å². The van der Waals surface area contributed by atoms with Gasteiger partial charge in [-0.2, -0.15) is 0 Å². The summed E-state index contributed by atoms with van der Waals surface area (Å²) in [5.74, 6) is 0. The molecular weight excluding hydrogens is 258 g/mol. The van der Waals surface area contributed by atoms with Gasteiger partial charge in [-0.25, -0.2) is 0 Å². The molecule has 0 aliphatic heterocycles. The van der Waals surface area contributed by atoms with Crippen LogP contribution in [0.25, 0.3) is 0 Å². The van der Waals surface area contributed by atoms with Crippen molar-refractivity contribution in [2.75, 3.05) is 6.54 Å². The van der Waals surface area contributed by atoms with E-state index in [2.05, 4.69) is 13.8 Å². The lowest BCUT2D eigenvalue weighted by atomic mass is 9.62. The molecule has 3 heteroatoms. The highest BCUT2D eigenvalue weighted by Gasteiger charge is 2.42. The van der Waals surface area contributed by atoms with E-state index in [1.54, 1.807) is 0 Å². The van der Waals surface area contributed by atoms with Crippen molar-refractivity contribution in [3.8, 4) is 0 Å². The molecule has 1 aliphatic rings. The summed E-state index contributed by atoms with van der Waals surface area (Å²) in [6.45, 7) is 5.12. The summed E-state index contributed by atoms with van der Waals surface area (Å²) in [4.78, 5) is 0. The Kier molecular flexibility index (Phi) is 4.24. The van der Waals surface area contributed by atoms with Gasteiger partial charge in [-0.05, 0) is 48.8 Å². The molecule has 0 radical (unpaired) electrons. The van der Waals surface area contributed by atoms with Crippen molar-refractivity contribution in [2.24, 2.45) is 16.6 Å². The zero-order chi connectivity index (χ0) is 14.1. The third kappa shape index (κ3) is 3.13. The monoisotopic (exact) mass is 281 g/mol. The van der Waals surface area contributed by atoms with E-state index in [1.807, 2.05) is 24.3 Å². The van der Waals surface area contributed by atoms with Crippen LogP contribution in [0.4, 0.5) is 0 Å². The predicted molar refractivity (Wildman–Crippen MR) is 80.1 cm³/mol. The molecule has 1 aliphatic carbocycles. The molecular formula is C16H24ClNO. The molecule has 106 valence electrons. The van der Waals surface area contributed by atoms with Crippen LogP contribution in [-0.2, 0) is 0 Å². The van der Waals surface area contributed by atoms with Crippen LogP contribution in [0.3, 0.4) is 0 Å². The van der Waals surface area contributed by atoms with E-state index >= 15 is 0 Å². The fourth-order valence-corrected chi connectivity index (χ4v) is 3.14. The minimum atomic E-state index is -0.495. The maximum Gasteiger partial charge on any atom is 0.0858 e. The second kappa shape index (κ2) is 5.43. The summed E-state index contributed by atoms with van der Waals surface area (Å²) < 4.78 is 0. The van der Waals surface area contributed by atoms with Gasteiger partial charge < -0.3 is 10.8 Å². The van der Waals surface area contributed by atoms with E-state index in [1.165, 1.54) is 0 Å². The van der Waals surface area contributed by atoms with Crippen LogP contribution in [0.5, 0.6) is 0 Å². The summed E-state index contributed by atoms with van der Waals surface area (Å²) in [6.07, 6.45) is 3.72. The maximum absolute atomic E-state index is 10.7. The van der Waals surface area contributed by atoms with Gasteiger partial charge in [-0.1, -0.05) is 37.6 Å². The van der Waals surface area contributed by atoms with Gasteiger partial charge in [0.15, 0.2) is 0 Å². The molecule has 0 saturated heterocycles. The summed E-state index contributed by atoms with van der Waals surface area (Å²) in [5, 5.41) is 11.4. The summed E-state index contributed by atoms with van der Waals surface area (Å²) in [7, 11) is 0. The molecule has 1 atom stereocenters. The summed E-state index contributed by atoms with van der Waals surface area (Å²) in [6, 6.07) is 7.47.